The Labute approximate surface area is 169 Å². The van der Waals surface area contributed by atoms with Gasteiger partial charge in [-0.2, -0.15) is 0 Å². The van der Waals surface area contributed by atoms with Crippen LogP contribution in [0.2, 0.25) is 0 Å². The zero-order chi connectivity index (χ0) is 19.8. The zero-order valence-corrected chi connectivity index (χ0v) is 16.7. The summed E-state index contributed by atoms with van der Waals surface area (Å²) in [6.07, 6.45) is 0. The van der Waals surface area contributed by atoms with Gasteiger partial charge in [-0.1, -0.05) is 43.4 Å². The number of carbonyl (C=O) groups excluding carboxylic acids is 3. The third-order valence-electron chi connectivity index (χ3n) is 4.39. The molecule has 0 spiro atoms. The first-order valence-electron chi connectivity index (χ1n) is 8.62. The van der Waals surface area contributed by atoms with Crippen LogP contribution >= 0.6 is 22.7 Å². The minimum atomic E-state index is -0.943. The summed E-state index contributed by atoms with van der Waals surface area (Å²) in [5, 5.41) is 13.8. The minimum absolute atomic E-state index is 0.271. The van der Waals surface area contributed by atoms with E-state index in [0.717, 1.165) is 9.78 Å². The number of hydrogen-bond donors (Lipinski definition) is 1. The van der Waals surface area contributed by atoms with Crippen LogP contribution in [0.3, 0.4) is 0 Å². The fourth-order valence-electron chi connectivity index (χ4n) is 3.13. The van der Waals surface area contributed by atoms with Crippen LogP contribution in [0.5, 0.6) is 0 Å². The number of anilines is 1. The van der Waals surface area contributed by atoms with E-state index in [9.17, 15) is 14.4 Å². The van der Waals surface area contributed by atoms with Gasteiger partial charge in [-0.25, -0.2) is 0 Å². The van der Waals surface area contributed by atoms with Crippen LogP contribution in [0.1, 0.15) is 34.6 Å². The van der Waals surface area contributed by atoms with Crippen molar-refractivity contribution in [3.63, 3.8) is 0 Å². The molecule has 3 amide bonds. The van der Waals surface area contributed by atoms with E-state index in [0.29, 0.717) is 21.3 Å². The molecule has 1 atom stereocenters. The van der Waals surface area contributed by atoms with Crippen molar-refractivity contribution >= 4 is 45.5 Å². The van der Waals surface area contributed by atoms with Gasteiger partial charge in [0.15, 0.2) is 5.01 Å². The largest absolute Gasteiger partial charge is 0.299 e. The molecule has 4 rings (SSSR count). The molecule has 1 unspecified atom stereocenters. The predicted molar refractivity (Wildman–Crippen MR) is 107 cm³/mol. The normalized spacial score (nSPS) is 14.5. The van der Waals surface area contributed by atoms with Crippen molar-refractivity contribution in [2.75, 3.05) is 5.32 Å². The van der Waals surface area contributed by atoms with Gasteiger partial charge in [-0.15, -0.1) is 21.5 Å². The van der Waals surface area contributed by atoms with Crippen LogP contribution in [0, 0.1) is 5.92 Å². The Balaban J connectivity index is 1.58. The lowest BCUT2D eigenvalue weighted by Crippen LogP contribution is -2.50. The van der Waals surface area contributed by atoms with Gasteiger partial charge in [0, 0.05) is 0 Å². The number of imide groups is 1. The molecule has 0 bridgehead atoms. The molecular formula is C19H16N4O3S2. The molecule has 28 heavy (non-hydrogen) atoms. The summed E-state index contributed by atoms with van der Waals surface area (Å²) in [6.45, 7) is 3.59. The monoisotopic (exact) mass is 412 g/mol. The lowest BCUT2D eigenvalue weighted by atomic mass is 10.0. The van der Waals surface area contributed by atoms with E-state index in [1.165, 1.54) is 22.7 Å². The zero-order valence-electron chi connectivity index (χ0n) is 15.1. The molecule has 3 aromatic rings. The van der Waals surface area contributed by atoms with Crippen molar-refractivity contribution in [1.29, 1.82) is 0 Å². The molecule has 1 aromatic carbocycles. The smallest absolute Gasteiger partial charge is 0.262 e. The maximum atomic E-state index is 13.0. The van der Waals surface area contributed by atoms with Crippen LogP contribution in [0.4, 0.5) is 5.13 Å². The molecule has 1 aliphatic rings. The molecule has 1 N–H and O–H groups in total. The quantitative estimate of drug-likeness (QED) is 0.647. The molecule has 142 valence electrons. The van der Waals surface area contributed by atoms with Crippen molar-refractivity contribution in [2.24, 2.45) is 5.92 Å². The molecule has 0 fully saturated rings. The second kappa shape index (κ2) is 7.25. The summed E-state index contributed by atoms with van der Waals surface area (Å²) in [5.74, 6) is -1.64. The number of amides is 3. The topological polar surface area (TPSA) is 92.3 Å². The number of fused-ring (bicyclic) bond motifs is 1. The van der Waals surface area contributed by atoms with Crippen molar-refractivity contribution in [3.8, 4) is 9.88 Å². The summed E-state index contributed by atoms with van der Waals surface area (Å²) >= 11 is 2.78. The predicted octanol–water partition coefficient (Wildman–Crippen LogP) is 3.53. The molecule has 0 saturated heterocycles. The summed E-state index contributed by atoms with van der Waals surface area (Å²) < 4.78 is 0. The molecule has 3 heterocycles. The molecule has 9 heteroatoms. The third-order valence-corrected chi connectivity index (χ3v) is 6.27. The highest BCUT2D eigenvalue weighted by Gasteiger charge is 2.44. The maximum absolute atomic E-state index is 13.0. The first-order valence-corrected chi connectivity index (χ1v) is 10.3. The molecule has 0 radical (unpaired) electrons. The number of benzene rings is 1. The highest BCUT2D eigenvalue weighted by atomic mass is 32.1. The number of aromatic nitrogens is 2. The second-order valence-electron chi connectivity index (χ2n) is 6.59. The van der Waals surface area contributed by atoms with Gasteiger partial charge in [0.25, 0.3) is 11.8 Å². The average Bonchev–Trinajstić information content (AvgIpc) is 3.39. The number of carbonyl (C=O) groups is 3. The van der Waals surface area contributed by atoms with Crippen molar-refractivity contribution in [1.82, 2.24) is 15.1 Å². The minimum Gasteiger partial charge on any atom is -0.299 e. The van der Waals surface area contributed by atoms with Gasteiger partial charge < -0.3 is 0 Å². The Kier molecular flexibility index (Phi) is 4.78. The van der Waals surface area contributed by atoms with Crippen LogP contribution in [-0.4, -0.2) is 38.9 Å². The summed E-state index contributed by atoms with van der Waals surface area (Å²) in [6, 6.07) is 9.49. The highest BCUT2D eigenvalue weighted by molar-refractivity contribution is 7.23. The Morgan fingerprint density at radius 1 is 1.04 bits per heavy atom. The van der Waals surface area contributed by atoms with E-state index >= 15 is 0 Å². The van der Waals surface area contributed by atoms with E-state index in [2.05, 4.69) is 15.5 Å². The van der Waals surface area contributed by atoms with E-state index < -0.39 is 23.8 Å². The Bertz CT molecular complexity index is 1020. The second-order valence-corrected chi connectivity index (χ2v) is 8.52. The van der Waals surface area contributed by atoms with E-state index in [1.54, 1.807) is 38.1 Å². The summed E-state index contributed by atoms with van der Waals surface area (Å²) in [4.78, 5) is 40.5. The van der Waals surface area contributed by atoms with Crippen LogP contribution in [0.25, 0.3) is 9.88 Å². The fraction of sp³-hybridized carbons (Fsp3) is 0.211. The first-order chi connectivity index (χ1) is 13.5. The van der Waals surface area contributed by atoms with Gasteiger partial charge in [0.05, 0.1) is 16.0 Å². The van der Waals surface area contributed by atoms with Crippen LogP contribution in [-0.2, 0) is 4.79 Å². The first kappa shape index (κ1) is 18.5. The summed E-state index contributed by atoms with van der Waals surface area (Å²) in [5.41, 5.74) is 0.642. The number of thiophene rings is 1. The van der Waals surface area contributed by atoms with Gasteiger partial charge in [0.2, 0.25) is 11.0 Å². The van der Waals surface area contributed by atoms with Gasteiger partial charge in [0.1, 0.15) is 6.04 Å². The molecule has 7 nitrogen and oxygen atoms in total. The highest BCUT2D eigenvalue weighted by Crippen LogP contribution is 2.31. The average molecular weight is 412 g/mol. The number of nitrogens with one attached hydrogen (secondary N) is 1. The Morgan fingerprint density at radius 2 is 1.71 bits per heavy atom. The van der Waals surface area contributed by atoms with Gasteiger partial charge in [-0.3, -0.25) is 24.6 Å². The lowest BCUT2D eigenvalue weighted by molar-refractivity contribution is -0.121. The molecule has 1 aliphatic heterocycles. The number of nitrogens with zero attached hydrogens (tertiary/aromatic N) is 3. The van der Waals surface area contributed by atoms with E-state index in [1.807, 2.05) is 17.5 Å². The van der Waals surface area contributed by atoms with Crippen molar-refractivity contribution in [2.45, 2.75) is 19.9 Å². The van der Waals surface area contributed by atoms with Crippen molar-refractivity contribution in [3.05, 3.63) is 52.9 Å². The lowest BCUT2D eigenvalue weighted by Gasteiger charge is -2.27. The molecule has 0 saturated carbocycles. The number of rotatable bonds is 5. The Morgan fingerprint density at radius 3 is 2.29 bits per heavy atom. The fourth-order valence-corrected chi connectivity index (χ4v) is 4.67. The van der Waals surface area contributed by atoms with Gasteiger partial charge in [-0.05, 0) is 29.5 Å². The SMILES string of the molecule is CC(C)C(C(=O)Nc1nnc(-c2cccs2)s1)N1C(=O)c2ccccc2C1=O. The summed E-state index contributed by atoms with van der Waals surface area (Å²) in [7, 11) is 0. The van der Waals surface area contributed by atoms with Crippen molar-refractivity contribution < 1.29 is 14.4 Å². The number of hydrogen-bond acceptors (Lipinski definition) is 7. The maximum Gasteiger partial charge on any atom is 0.262 e. The van der Waals surface area contributed by atoms with E-state index in [4.69, 9.17) is 0 Å². The third kappa shape index (κ3) is 3.12. The molecular weight excluding hydrogens is 396 g/mol. The van der Waals surface area contributed by atoms with Crippen LogP contribution in [0.15, 0.2) is 41.8 Å². The molecule has 2 aromatic heterocycles. The van der Waals surface area contributed by atoms with Crippen LogP contribution < -0.4 is 5.32 Å². The Hall–Kier alpha value is -2.91. The molecule has 0 aliphatic carbocycles. The van der Waals surface area contributed by atoms with E-state index in [-0.39, 0.29) is 5.92 Å². The van der Waals surface area contributed by atoms with Gasteiger partial charge >= 0.3 is 0 Å². The standard InChI is InChI=1S/C19H16N4O3S2/c1-10(2)14(23-17(25)11-6-3-4-7-12(11)18(23)26)15(24)20-19-22-21-16(28-19)13-8-5-9-27-13/h3-10,14H,1-2H3,(H,20,22,24).